The molecular formula is C15H23N3O2. The number of nitrogens with zero attached hydrogens (tertiary/aromatic N) is 2. The van der Waals surface area contributed by atoms with E-state index in [4.69, 9.17) is 5.73 Å². The molecule has 0 radical (unpaired) electrons. The van der Waals surface area contributed by atoms with Crippen LogP contribution in [0.3, 0.4) is 0 Å². The lowest BCUT2D eigenvalue weighted by atomic mass is 9.89. The Bertz CT molecular complexity index is 476. The van der Waals surface area contributed by atoms with Crippen molar-refractivity contribution < 1.29 is 4.92 Å². The minimum absolute atomic E-state index is 0.0383. The van der Waals surface area contributed by atoms with E-state index < -0.39 is 0 Å². The molecule has 0 aliphatic carbocycles. The Morgan fingerprint density at radius 3 is 2.80 bits per heavy atom. The summed E-state index contributed by atoms with van der Waals surface area (Å²) in [5.74, 6) is 0.519. The summed E-state index contributed by atoms with van der Waals surface area (Å²) in [4.78, 5) is 13.3. The van der Waals surface area contributed by atoms with Gasteiger partial charge in [0.1, 0.15) is 0 Å². The van der Waals surface area contributed by atoms with Crippen molar-refractivity contribution in [2.75, 3.05) is 13.1 Å². The number of piperidine rings is 1. The molecule has 0 aromatic heterocycles. The number of nitro benzene ring substituents is 1. The lowest BCUT2D eigenvalue weighted by molar-refractivity contribution is -0.386. The zero-order valence-corrected chi connectivity index (χ0v) is 12.2. The minimum atomic E-state index is -0.301. The summed E-state index contributed by atoms with van der Waals surface area (Å²) in [5, 5.41) is 11.2. The molecule has 1 fully saturated rings. The molecule has 2 rings (SSSR count). The second kappa shape index (κ2) is 6.33. The first-order chi connectivity index (χ1) is 9.50. The molecule has 1 aromatic carbocycles. The van der Waals surface area contributed by atoms with Crippen LogP contribution >= 0.6 is 0 Å². The highest BCUT2D eigenvalue weighted by Gasteiger charge is 2.34. The van der Waals surface area contributed by atoms with Gasteiger partial charge in [0.2, 0.25) is 0 Å². The number of nitro groups is 1. The van der Waals surface area contributed by atoms with Crippen molar-refractivity contribution in [1.29, 1.82) is 0 Å². The van der Waals surface area contributed by atoms with E-state index in [1.807, 2.05) is 12.1 Å². The van der Waals surface area contributed by atoms with Crippen LogP contribution in [0.15, 0.2) is 24.3 Å². The number of para-hydroxylation sites is 1. The van der Waals surface area contributed by atoms with E-state index in [0.29, 0.717) is 5.92 Å². The Labute approximate surface area is 119 Å². The smallest absolute Gasteiger partial charge is 0.274 e. The molecule has 110 valence electrons. The highest BCUT2D eigenvalue weighted by molar-refractivity contribution is 5.43. The normalized spacial score (nSPS) is 24.0. The minimum Gasteiger partial charge on any atom is -0.326 e. The first kappa shape index (κ1) is 14.9. The van der Waals surface area contributed by atoms with Crippen LogP contribution in [0.1, 0.15) is 38.3 Å². The van der Waals surface area contributed by atoms with Crippen LogP contribution < -0.4 is 5.73 Å². The second-order valence-electron chi connectivity index (χ2n) is 5.96. The van der Waals surface area contributed by atoms with E-state index in [0.717, 1.165) is 31.5 Å². The van der Waals surface area contributed by atoms with E-state index in [-0.39, 0.29) is 22.7 Å². The highest BCUT2D eigenvalue weighted by atomic mass is 16.6. The summed E-state index contributed by atoms with van der Waals surface area (Å²) < 4.78 is 0. The summed E-state index contributed by atoms with van der Waals surface area (Å²) in [5.41, 5.74) is 7.22. The molecule has 0 spiro atoms. The SMILES string of the molecule is CC(C)CN1CCCC(N)C1c1ccccc1[N+](=O)[O-]. The van der Waals surface area contributed by atoms with Crippen molar-refractivity contribution in [3.8, 4) is 0 Å². The van der Waals surface area contributed by atoms with Gasteiger partial charge in [0.25, 0.3) is 5.69 Å². The maximum absolute atomic E-state index is 11.2. The first-order valence-corrected chi connectivity index (χ1v) is 7.23. The average molecular weight is 277 g/mol. The van der Waals surface area contributed by atoms with Gasteiger partial charge in [0.15, 0.2) is 0 Å². The topological polar surface area (TPSA) is 72.4 Å². The van der Waals surface area contributed by atoms with Crippen molar-refractivity contribution in [2.45, 2.75) is 38.8 Å². The van der Waals surface area contributed by atoms with Crippen LogP contribution in [0, 0.1) is 16.0 Å². The third-order valence-electron chi connectivity index (χ3n) is 3.83. The summed E-state index contributed by atoms with van der Waals surface area (Å²) >= 11 is 0. The van der Waals surface area contributed by atoms with Crippen LogP contribution in [0.2, 0.25) is 0 Å². The molecule has 0 saturated carbocycles. The van der Waals surface area contributed by atoms with Gasteiger partial charge < -0.3 is 5.73 Å². The molecular weight excluding hydrogens is 254 g/mol. The van der Waals surface area contributed by atoms with Crippen molar-refractivity contribution in [3.63, 3.8) is 0 Å². The summed E-state index contributed by atoms with van der Waals surface area (Å²) in [6.45, 7) is 6.21. The van der Waals surface area contributed by atoms with Gasteiger partial charge in [0.05, 0.1) is 11.0 Å². The fraction of sp³-hybridized carbons (Fsp3) is 0.600. The molecule has 1 heterocycles. The van der Waals surface area contributed by atoms with Crippen molar-refractivity contribution >= 4 is 5.69 Å². The van der Waals surface area contributed by atoms with Crippen molar-refractivity contribution in [2.24, 2.45) is 11.7 Å². The first-order valence-electron chi connectivity index (χ1n) is 7.23. The molecule has 0 bridgehead atoms. The summed E-state index contributed by atoms with van der Waals surface area (Å²) in [7, 11) is 0. The Kier molecular flexibility index (Phi) is 4.73. The second-order valence-corrected chi connectivity index (χ2v) is 5.96. The Hall–Kier alpha value is -1.46. The van der Waals surface area contributed by atoms with Gasteiger partial charge in [-0.2, -0.15) is 0 Å². The Balaban J connectivity index is 2.37. The maximum atomic E-state index is 11.2. The van der Waals surface area contributed by atoms with Crippen LogP contribution in [-0.2, 0) is 0 Å². The van der Waals surface area contributed by atoms with E-state index >= 15 is 0 Å². The van der Waals surface area contributed by atoms with Gasteiger partial charge >= 0.3 is 0 Å². The number of likely N-dealkylation sites (tertiary alicyclic amines) is 1. The molecule has 20 heavy (non-hydrogen) atoms. The zero-order chi connectivity index (χ0) is 14.7. The molecule has 1 aromatic rings. The third-order valence-corrected chi connectivity index (χ3v) is 3.83. The Morgan fingerprint density at radius 2 is 2.15 bits per heavy atom. The molecule has 1 aliphatic heterocycles. The van der Waals surface area contributed by atoms with Crippen LogP contribution in [0.25, 0.3) is 0 Å². The fourth-order valence-corrected chi connectivity index (χ4v) is 3.10. The van der Waals surface area contributed by atoms with E-state index in [1.54, 1.807) is 12.1 Å². The summed E-state index contributed by atoms with van der Waals surface area (Å²) in [6.07, 6.45) is 1.98. The molecule has 1 saturated heterocycles. The quantitative estimate of drug-likeness (QED) is 0.678. The standard InChI is InChI=1S/C15H23N3O2/c1-11(2)10-17-9-5-7-13(16)15(17)12-6-3-4-8-14(12)18(19)20/h3-4,6,8,11,13,15H,5,7,9-10,16H2,1-2H3. The molecule has 2 N–H and O–H groups in total. The van der Waals surface area contributed by atoms with Gasteiger partial charge in [-0.25, -0.2) is 0 Å². The predicted octanol–water partition coefficient (Wildman–Crippen LogP) is 2.72. The third kappa shape index (κ3) is 3.16. The Morgan fingerprint density at radius 1 is 1.45 bits per heavy atom. The van der Waals surface area contributed by atoms with Gasteiger partial charge in [0, 0.05) is 24.2 Å². The van der Waals surface area contributed by atoms with E-state index in [2.05, 4.69) is 18.7 Å². The molecule has 5 heteroatoms. The molecule has 2 atom stereocenters. The summed E-state index contributed by atoms with van der Waals surface area (Å²) in [6, 6.07) is 6.90. The fourth-order valence-electron chi connectivity index (χ4n) is 3.10. The van der Waals surface area contributed by atoms with Crippen LogP contribution in [0.5, 0.6) is 0 Å². The lowest BCUT2D eigenvalue weighted by Gasteiger charge is -2.40. The highest BCUT2D eigenvalue weighted by Crippen LogP contribution is 2.35. The number of benzene rings is 1. The van der Waals surface area contributed by atoms with Gasteiger partial charge in [-0.15, -0.1) is 0 Å². The number of rotatable bonds is 4. The molecule has 0 amide bonds. The van der Waals surface area contributed by atoms with Crippen molar-refractivity contribution in [3.05, 3.63) is 39.9 Å². The van der Waals surface area contributed by atoms with Gasteiger partial charge in [-0.05, 0) is 25.3 Å². The van der Waals surface area contributed by atoms with Gasteiger partial charge in [-0.3, -0.25) is 15.0 Å². The largest absolute Gasteiger partial charge is 0.326 e. The molecule has 2 unspecified atom stereocenters. The van der Waals surface area contributed by atoms with Crippen LogP contribution in [-0.4, -0.2) is 29.0 Å². The van der Waals surface area contributed by atoms with Gasteiger partial charge in [-0.1, -0.05) is 32.0 Å². The lowest BCUT2D eigenvalue weighted by Crippen LogP contribution is -2.47. The van der Waals surface area contributed by atoms with Crippen LogP contribution in [0.4, 0.5) is 5.69 Å². The number of nitrogens with two attached hydrogens (primary N) is 1. The number of hydrogen-bond acceptors (Lipinski definition) is 4. The van der Waals surface area contributed by atoms with E-state index in [9.17, 15) is 10.1 Å². The van der Waals surface area contributed by atoms with Crippen molar-refractivity contribution in [1.82, 2.24) is 4.90 Å². The molecule has 5 nitrogen and oxygen atoms in total. The predicted molar refractivity (Wildman–Crippen MR) is 79.5 cm³/mol. The maximum Gasteiger partial charge on any atom is 0.274 e. The average Bonchev–Trinajstić information content (AvgIpc) is 2.38. The number of hydrogen-bond donors (Lipinski definition) is 1. The monoisotopic (exact) mass is 277 g/mol. The zero-order valence-electron chi connectivity index (χ0n) is 12.2. The van der Waals surface area contributed by atoms with E-state index in [1.165, 1.54) is 0 Å². The molecule has 1 aliphatic rings.